The number of amides is 1. The third-order valence-corrected chi connectivity index (χ3v) is 3.19. The van der Waals surface area contributed by atoms with E-state index in [1.165, 1.54) is 0 Å². The third kappa shape index (κ3) is 4.72. The summed E-state index contributed by atoms with van der Waals surface area (Å²) >= 11 is 0. The molecule has 1 rings (SSSR count). The number of hydrogen-bond donors (Lipinski definition) is 3. The number of nitrogens with two attached hydrogens (primary N) is 1. The van der Waals surface area contributed by atoms with E-state index in [2.05, 4.69) is 10.6 Å². The van der Waals surface area contributed by atoms with Crippen LogP contribution in [0.25, 0.3) is 0 Å². The van der Waals surface area contributed by atoms with Crippen molar-refractivity contribution < 1.29 is 13.2 Å². The van der Waals surface area contributed by atoms with Gasteiger partial charge in [-0.25, -0.2) is 13.6 Å². The van der Waals surface area contributed by atoms with Crippen LogP contribution in [0.1, 0.15) is 16.8 Å². The Morgan fingerprint density at radius 3 is 2.61 bits per heavy atom. The van der Waals surface area contributed by atoms with Gasteiger partial charge in [0.2, 0.25) is 10.0 Å². The molecule has 0 aliphatic heterocycles. The monoisotopic (exact) mass is 271 g/mol. The lowest BCUT2D eigenvalue weighted by molar-refractivity contribution is 0.0954. The first kappa shape index (κ1) is 14.5. The second-order valence-corrected chi connectivity index (χ2v) is 5.51. The van der Waals surface area contributed by atoms with E-state index in [1.54, 1.807) is 25.2 Å². The largest absolute Gasteiger partial charge is 0.387 e. The van der Waals surface area contributed by atoms with Gasteiger partial charge in [0.15, 0.2) is 0 Å². The highest BCUT2D eigenvalue weighted by Crippen LogP contribution is 2.13. The fourth-order valence-electron chi connectivity index (χ4n) is 1.47. The Hall–Kier alpha value is -1.60. The second kappa shape index (κ2) is 6.36. The van der Waals surface area contributed by atoms with Crippen LogP contribution < -0.4 is 15.8 Å². The van der Waals surface area contributed by atoms with Crippen LogP contribution in [0.3, 0.4) is 0 Å². The molecule has 18 heavy (non-hydrogen) atoms. The summed E-state index contributed by atoms with van der Waals surface area (Å²) in [5.74, 6) is -0.379. The Morgan fingerprint density at radius 1 is 1.33 bits per heavy atom. The number of anilines is 1. The Bertz CT molecular complexity index is 514. The summed E-state index contributed by atoms with van der Waals surface area (Å²) in [5.41, 5.74) is 1.25. The molecule has 0 heterocycles. The van der Waals surface area contributed by atoms with Crippen LogP contribution in [0.2, 0.25) is 0 Å². The number of rotatable bonds is 6. The molecule has 0 unspecified atom stereocenters. The molecule has 1 amide bonds. The van der Waals surface area contributed by atoms with Crippen LogP contribution in [-0.4, -0.2) is 33.7 Å². The van der Waals surface area contributed by atoms with E-state index in [1.807, 2.05) is 6.07 Å². The van der Waals surface area contributed by atoms with E-state index in [9.17, 15) is 13.2 Å². The lowest BCUT2D eigenvalue weighted by Crippen LogP contribution is -2.27. The van der Waals surface area contributed by atoms with Gasteiger partial charge in [-0.2, -0.15) is 0 Å². The number of para-hydroxylation sites is 1. The first-order valence-corrected chi connectivity index (χ1v) is 7.21. The molecule has 0 aromatic heterocycles. The molecule has 0 saturated carbocycles. The van der Waals surface area contributed by atoms with E-state index in [0.717, 1.165) is 5.69 Å². The van der Waals surface area contributed by atoms with Gasteiger partial charge in [0.25, 0.3) is 5.91 Å². The molecule has 0 fully saturated rings. The van der Waals surface area contributed by atoms with Crippen molar-refractivity contribution in [1.82, 2.24) is 5.32 Å². The molecule has 0 saturated heterocycles. The van der Waals surface area contributed by atoms with Gasteiger partial charge in [-0.1, -0.05) is 12.1 Å². The zero-order valence-corrected chi connectivity index (χ0v) is 11.0. The fraction of sp³-hybridized carbons (Fsp3) is 0.364. The summed E-state index contributed by atoms with van der Waals surface area (Å²) in [5, 5.41) is 10.4. The summed E-state index contributed by atoms with van der Waals surface area (Å²) in [4.78, 5) is 11.8. The predicted molar refractivity (Wildman–Crippen MR) is 70.9 cm³/mol. The van der Waals surface area contributed by atoms with Crippen LogP contribution in [0.4, 0.5) is 5.69 Å². The number of carbonyl (C=O) groups excluding carboxylic acids is 1. The van der Waals surface area contributed by atoms with Gasteiger partial charge in [-0.05, 0) is 18.6 Å². The summed E-state index contributed by atoms with van der Waals surface area (Å²) < 4.78 is 21.4. The molecule has 0 radical (unpaired) electrons. The predicted octanol–water partition coefficient (Wildman–Crippen LogP) is 0.137. The quantitative estimate of drug-likeness (QED) is 0.640. The van der Waals surface area contributed by atoms with Crippen molar-refractivity contribution >= 4 is 21.6 Å². The Balaban J connectivity index is 2.51. The number of hydrogen-bond acceptors (Lipinski definition) is 4. The van der Waals surface area contributed by atoms with E-state index < -0.39 is 10.0 Å². The number of benzene rings is 1. The van der Waals surface area contributed by atoms with Crippen molar-refractivity contribution in [3.63, 3.8) is 0 Å². The highest BCUT2D eigenvalue weighted by atomic mass is 32.2. The van der Waals surface area contributed by atoms with Gasteiger partial charge in [-0.15, -0.1) is 0 Å². The number of carbonyl (C=O) groups is 1. The van der Waals surface area contributed by atoms with Gasteiger partial charge in [0.1, 0.15) is 0 Å². The van der Waals surface area contributed by atoms with Crippen molar-refractivity contribution in [2.24, 2.45) is 5.14 Å². The molecule has 7 heteroatoms. The van der Waals surface area contributed by atoms with Crippen molar-refractivity contribution in [3.8, 4) is 0 Å². The van der Waals surface area contributed by atoms with Crippen LogP contribution in [0.15, 0.2) is 24.3 Å². The third-order valence-electron chi connectivity index (χ3n) is 2.33. The minimum absolute atomic E-state index is 0.138. The number of sulfonamides is 1. The van der Waals surface area contributed by atoms with Crippen molar-refractivity contribution in [1.29, 1.82) is 0 Å². The molecule has 6 nitrogen and oxygen atoms in total. The zero-order chi connectivity index (χ0) is 13.6. The Morgan fingerprint density at radius 2 is 2.00 bits per heavy atom. The standard InChI is InChI=1S/C11H17N3O3S/c1-13-10-6-3-2-5-9(10)11(15)14-7-4-8-18(12,16)17/h2-3,5-6,13H,4,7-8H2,1H3,(H,14,15)(H2,12,16,17). The molecule has 0 atom stereocenters. The number of nitrogens with one attached hydrogen (secondary N) is 2. The molecule has 0 bridgehead atoms. The molecular weight excluding hydrogens is 254 g/mol. The highest BCUT2D eigenvalue weighted by Gasteiger charge is 2.09. The highest BCUT2D eigenvalue weighted by molar-refractivity contribution is 7.89. The van der Waals surface area contributed by atoms with Gasteiger partial charge in [0, 0.05) is 19.3 Å². The Labute approximate surface area is 107 Å². The van der Waals surface area contributed by atoms with Crippen molar-refractivity contribution in [2.75, 3.05) is 24.7 Å². The lowest BCUT2D eigenvalue weighted by Gasteiger charge is -2.09. The summed E-state index contributed by atoms with van der Waals surface area (Å²) in [6, 6.07) is 7.07. The molecule has 4 N–H and O–H groups in total. The zero-order valence-electron chi connectivity index (χ0n) is 10.1. The maximum atomic E-state index is 11.8. The van der Waals surface area contributed by atoms with Crippen LogP contribution in [0, 0.1) is 0 Å². The average molecular weight is 271 g/mol. The van der Waals surface area contributed by atoms with E-state index in [4.69, 9.17) is 5.14 Å². The first-order chi connectivity index (χ1) is 8.44. The van der Waals surface area contributed by atoms with Crippen molar-refractivity contribution in [3.05, 3.63) is 29.8 Å². The van der Waals surface area contributed by atoms with Gasteiger partial charge < -0.3 is 10.6 Å². The molecule has 0 spiro atoms. The summed E-state index contributed by atoms with van der Waals surface area (Å²) in [7, 11) is -1.73. The number of primary sulfonamides is 1. The smallest absolute Gasteiger partial charge is 0.253 e. The average Bonchev–Trinajstić information content (AvgIpc) is 2.33. The molecule has 0 aliphatic carbocycles. The van der Waals surface area contributed by atoms with E-state index in [0.29, 0.717) is 12.0 Å². The first-order valence-electron chi connectivity index (χ1n) is 5.49. The summed E-state index contributed by atoms with van der Waals surface area (Å²) in [6.07, 6.45) is 0.298. The molecule has 0 aliphatic rings. The van der Waals surface area contributed by atoms with Crippen LogP contribution >= 0.6 is 0 Å². The lowest BCUT2D eigenvalue weighted by atomic mass is 10.1. The molecule has 1 aromatic carbocycles. The maximum absolute atomic E-state index is 11.8. The maximum Gasteiger partial charge on any atom is 0.253 e. The minimum atomic E-state index is -3.46. The second-order valence-electron chi connectivity index (χ2n) is 3.77. The SMILES string of the molecule is CNc1ccccc1C(=O)NCCCS(N)(=O)=O. The van der Waals surface area contributed by atoms with Gasteiger partial charge in [-0.3, -0.25) is 4.79 Å². The topological polar surface area (TPSA) is 101 Å². The molecule has 100 valence electrons. The molecule has 1 aromatic rings. The van der Waals surface area contributed by atoms with Gasteiger partial charge in [0.05, 0.1) is 11.3 Å². The Kier molecular flexibility index (Phi) is 5.11. The van der Waals surface area contributed by atoms with E-state index in [-0.39, 0.29) is 18.2 Å². The van der Waals surface area contributed by atoms with Crippen LogP contribution in [0.5, 0.6) is 0 Å². The van der Waals surface area contributed by atoms with E-state index >= 15 is 0 Å². The van der Waals surface area contributed by atoms with Crippen LogP contribution in [-0.2, 0) is 10.0 Å². The normalized spacial score (nSPS) is 11.0. The fourth-order valence-corrected chi connectivity index (χ4v) is 2.02. The van der Waals surface area contributed by atoms with Crippen molar-refractivity contribution in [2.45, 2.75) is 6.42 Å². The van der Waals surface area contributed by atoms with Gasteiger partial charge >= 0.3 is 0 Å². The molecular formula is C11H17N3O3S. The minimum Gasteiger partial charge on any atom is -0.387 e. The summed E-state index contributed by atoms with van der Waals surface area (Å²) in [6.45, 7) is 0.271.